The van der Waals surface area contributed by atoms with Gasteiger partial charge < -0.3 is 39.9 Å². The molecule has 1 unspecified atom stereocenters. The molecule has 3 amide bonds. The Morgan fingerprint density at radius 2 is 1.47 bits per heavy atom. The van der Waals surface area contributed by atoms with Crippen molar-refractivity contribution in [3.8, 4) is 48.8 Å². The zero-order valence-electron chi connectivity index (χ0n) is 36.1. The molecule has 2 heterocycles. The van der Waals surface area contributed by atoms with Crippen molar-refractivity contribution in [3.05, 3.63) is 71.4 Å². The number of alkyl carbamates (subject to hydrolysis) is 1. The third-order valence-electron chi connectivity index (χ3n) is 7.92. The molecular weight excluding hydrogens is 749 g/mol. The SMILES string of the molecule is C#C.C#C.CCC.CCCN(Cc1[nH]cnc1-c1ccc(C#Cc2ccc3nc(CN(CCC)C(=O)C(NC(=O)OC)C(C)C)[nH]c3c2)cc1)C(=O)CNC.COC=O. The van der Waals surface area contributed by atoms with Crippen molar-refractivity contribution in [2.75, 3.05) is 40.9 Å². The predicted octanol–water partition coefficient (Wildman–Crippen LogP) is 6.13. The van der Waals surface area contributed by atoms with Crippen molar-refractivity contribution >= 4 is 35.4 Å². The fraction of sp³-hybridized carbons (Fsp3) is 0.422. The van der Waals surface area contributed by atoms with E-state index in [1.54, 1.807) is 18.3 Å². The number of fused-ring (bicyclic) bond motifs is 1. The van der Waals surface area contributed by atoms with E-state index in [1.807, 2.05) is 68.1 Å². The summed E-state index contributed by atoms with van der Waals surface area (Å²) in [6.07, 6.45) is 19.9. The second-order valence-corrected chi connectivity index (χ2v) is 13.0. The van der Waals surface area contributed by atoms with Gasteiger partial charge in [0.05, 0.1) is 62.6 Å². The van der Waals surface area contributed by atoms with E-state index >= 15 is 0 Å². The van der Waals surface area contributed by atoms with E-state index in [0.717, 1.165) is 52.0 Å². The average Bonchev–Trinajstić information content (AvgIpc) is 3.89. The molecule has 4 aromatic rings. The summed E-state index contributed by atoms with van der Waals surface area (Å²) in [5, 5.41) is 5.60. The van der Waals surface area contributed by atoms with Crippen LogP contribution in [0.1, 0.15) is 83.5 Å². The topological polar surface area (TPSA) is 175 Å². The van der Waals surface area contributed by atoms with Crippen LogP contribution >= 0.6 is 0 Å². The van der Waals surface area contributed by atoms with Crippen LogP contribution in [-0.2, 0) is 36.9 Å². The summed E-state index contributed by atoms with van der Waals surface area (Å²) in [4.78, 5) is 66.1. The molecule has 4 N–H and O–H groups in total. The van der Waals surface area contributed by atoms with E-state index in [9.17, 15) is 14.4 Å². The van der Waals surface area contributed by atoms with Gasteiger partial charge in [-0.25, -0.2) is 14.8 Å². The van der Waals surface area contributed by atoms with E-state index in [-0.39, 0.29) is 24.3 Å². The van der Waals surface area contributed by atoms with Crippen LogP contribution in [0.2, 0.25) is 0 Å². The summed E-state index contributed by atoms with van der Waals surface area (Å²) in [6, 6.07) is 13.0. The van der Waals surface area contributed by atoms with Crippen LogP contribution in [0.4, 0.5) is 4.79 Å². The number of imidazole rings is 2. The Labute approximate surface area is 350 Å². The number of methoxy groups -OCH3 is 2. The number of amides is 3. The van der Waals surface area contributed by atoms with Crippen molar-refractivity contribution in [2.24, 2.45) is 5.92 Å². The van der Waals surface area contributed by atoms with E-state index in [4.69, 9.17) is 14.5 Å². The summed E-state index contributed by atoms with van der Waals surface area (Å²) in [5.74, 6) is 6.87. The molecule has 0 aliphatic carbocycles. The van der Waals surface area contributed by atoms with Gasteiger partial charge in [-0.3, -0.25) is 14.4 Å². The highest BCUT2D eigenvalue weighted by atomic mass is 16.5. The van der Waals surface area contributed by atoms with Gasteiger partial charge in [0, 0.05) is 29.8 Å². The quantitative estimate of drug-likeness (QED) is 0.0813. The highest BCUT2D eigenvalue weighted by Crippen LogP contribution is 2.23. The first-order valence-electron chi connectivity index (χ1n) is 19.3. The smallest absolute Gasteiger partial charge is 0.407 e. The van der Waals surface area contributed by atoms with Gasteiger partial charge in [-0.05, 0) is 56.1 Å². The van der Waals surface area contributed by atoms with Crippen LogP contribution in [0.25, 0.3) is 22.3 Å². The number of carbonyl (C=O) groups is 4. The number of H-pyrrole nitrogens is 2. The number of terminal acetylenes is 2. The molecular formula is C45H62N8O6. The summed E-state index contributed by atoms with van der Waals surface area (Å²) < 4.78 is 8.59. The number of likely N-dealkylation sites (N-methyl/N-ethyl adjacent to an activating group) is 1. The molecule has 318 valence electrons. The van der Waals surface area contributed by atoms with Crippen molar-refractivity contribution in [3.63, 3.8) is 0 Å². The maximum Gasteiger partial charge on any atom is 0.407 e. The van der Waals surface area contributed by atoms with Gasteiger partial charge in [0.1, 0.15) is 11.9 Å². The highest BCUT2D eigenvalue weighted by molar-refractivity contribution is 5.86. The molecule has 59 heavy (non-hydrogen) atoms. The molecule has 2 aromatic heterocycles. The van der Waals surface area contributed by atoms with Crippen LogP contribution in [-0.4, -0.2) is 101 Å². The van der Waals surface area contributed by atoms with Gasteiger partial charge >= 0.3 is 6.09 Å². The number of nitrogens with one attached hydrogen (secondary N) is 4. The predicted molar refractivity (Wildman–Crippen MR) is 234 cm³/mol. The number of nitrogens with zero attached hydrogens (tertiary/aromatic N) is 4. The molecule has 0 saturated heterocycles. The van der Waals surface area contributed by atoms with Gasteiger partial charge in [0.2, 0.25) is 11.8 Å². The van der Waals surface area contributed by atoms with E-state index in [0.29, 0.717) is 38.5 Å². The molecule has 14 heteroatoms. The maximum atomic E-state index is 13.4. The van der Waals surface area contributed by atoms with Gasteiger partial charge in [-0.1, -0.05) is 71.9 Å². The number of benzene rings is 2. The average molecular weight is 811 g/mol. The van der Waals surface area contributed by atoms with Crippen LogP contribution < -0.4 is 10.6 Å². The molecule has 0 aliphatic rings. The fourth-order valence-corrected chi connectivity index (χ4v) is 5.39. The lowest BCUT2D eigenvalue weighted by molar-refractivity contribution is -0.135. The molecule has 2 aromatic carbocycles. The minimum absolute atomic E-state index is 0.0495. The molecule has 1 atom stereocenters. The van der Waals surface area contributed by atoms with Crippen molar-refractivity contribution in [1.82, 2.24) is 40.4 Å². The zero-order valence-corrected chi connectivity index (χ0v) is 36.1. The van der Waals surface area contributed by atoms with Gasteiger partial charge in [-0.15, -0.1) is 25.7 Å². The van der Waals surface area contributed by atoms with E-state index < -0.39 is 12.1 Å². The lowest BCUT2D eigenvalue weighted by Crippen LogP contribution is -2.51. The first-order valence-corrected chi connectivity index (χ1v) is 19.3. The second-order valence-electron chi connectivity index (χ2n) is 13.0. The molecule has 0 bridgehead atoms. The van der Waals surface area contributed by atoms with Crippen molar-refractivity contribution in [2.45, 2.75) is 79.9 Å². The standard InChI is InChI=1S/C36H46N8O4.C3H8.C2H4O2.2C2H2/c1-7-17-43(32(45)20-37-5)21-30-34(39-23-38-30)27-14-11-25(12-15-27)9-10-26-13-16-28-29(19-26)41-31(40-28)22-44(18-8-2)35(46)33(24(3)4)42-36(47)48-6;1-3-2;1-4-2-3;2*1-2/h11-16,19,23-24,33,37H,7-8,17-18,20-22H2,1-6H3,(H,38,39)(H,40,41)(H,42,47);3H2,1-2H3;2H,1H3;2*1-2H. The Balaban J connectivity index is 0.00000276. The van der Waals surface area contributed by atoms with Gasteiger partial charge in [-0.2, -0.15) is 0 Å². The molecule has 0 aliphatic heterocycles. The number of aromatic amines is 2. The number of rotatable bonds is 15. The monoisotopic (exact) mass is 810 g/mol. The van der Waals surface area contributed by atoms with Crippen molar-refractivity contribution in [1.29, 1.82) is 0 Å². The van der Waals surface area contributed by atoms with Crippen LogP contribution in [0, 0.1) is 43.5 Å². The first-order chi connectivity index (χ1) is 28.5. The molecule has 14 nitrogen and oxygen atoms in total. The van der Waals surface area contributed by atoms with Gasteiger partial charge in [0.15, 0.2) is 0 Å². The van der Waals surface area contributed by atoms with E-state index in [2.05, 4.69) is 88.6 Å². The number of hydrogen-bond donors (Lipinski definition) is 4. The molecule has 0 saturated carbocycles. The maximum absolute atomic E-state index is 13.4. The third kappa shape index (κ3) is 18.1. The Bertz CT molecular complexity index is 1930. The zero-order chi connectivity index (χ0) is 44.8. The van der Waals surface area contributed by atoms with Crippen LogP contribution in [0.15, 0.2) is 48.8 Å². The van der Waals surface area contributed by atoms with Crippen LogP contribution in [0.5, 0.6) is 0 Å². The largest absolute Gasteiger partial charge is 0.471 e. The summed E-state index contributed by atoms with van der Waals surface area (Å²) in [7, 11) is 4.36. The Morgan fingerprint density at radius 3 is 2.02 bits per heavy atom. The number of ether oxygens (including phenoxy) is 2. The lowest BCUT2D eigenvalue weighted by Gasteiger charge is -2.28. The van der Waals surface area contributed by atoms with E-state index in [1.165, 1.54) is 20.6 Å². The molecule has 0 spiro atoms. The molecule has 0 radical (unpaired) electrons. The van der Waals surface area contributed by atoms with Crippen LogP contribution in [0.3, 0.4) is 0 Å². The van der Waals surface area contributed by atoms with Gasteiger partial charge in [0.25, 0.3) is 6.47 Å². The number of carbonyl (C=O) groups excluding carboxylic acids is 4. The first kappa shape index (κ1) is 52.4. The Hall–Kier alpha value is -6.56. The Morgan fingerprint density at radius 1 is 0.898 bits per heavy atom. The molecule has 4 rings (SSSR count). The highest BCUT2D eigenvalue weighted by Gasteiger charge is 2.29. The third-order valence-corrected chi connectivity index (χ3v) is 7.92. The minimum Gasteiger partial charge on any atom is -0.471 e. The number of hydrogen-bond acceptors (Lipinski definition) is 9. The lowest BCUT2D eigenvalue weighted by atomic mass is 10.0. The van der Waals surface area contributed by atoms with Crippen molar-refractivity contribution < 1.29 is 28.7 Å². The second kappa shape index (κ2) is 30.6. The normalized spacial score (nSPS) is 10.1. The summed E-state index contributed by atoms with van der Waals surface area (Å²) in [5.41, 5.74) is 5.91. The minimum atomic E-state index is -0.708. The number of aromatic nitrogens is 4. The molecule has 0 fully saturated rings. The Kier molecular flexibility index (Phi) is 27.2. The fourth-order valence-electron chi connectivity index (χ4n) is 5.39. The summed E-state index contributed by atoms with van der Waals surface area (Å²) >= 11 is 0. The summed E-state index contributed by atoms with van der Waals surface area (Å²) in [6.45, 7) is 14.7.